The van der Waals surface area contributed by atoms with Gasteiger partial charge in [0.25, 0.3) is 0 Å². The summed E-state index contributed by atoms with van der Waals surface area (Å²) < 4.78 is 8.65. The fourth-order valence-electron chi connectivity index (χ4n) is 10.1. The van der Waals surface area contributed by atoms with Crippen molar-refractivity contribution in [2.75, 3.05) is 0 Å². The summed E-state index contributed by atoms with van der Waals surface area (Å²) in [5.41, 5.74) is 26.0. The molecule has 0 aliphatic carbocycles. The van der Waals surface area contributed by atoms with Gasteiger partial charge in [-0.3, -0.25) is 19.9 Å². The minimum absolute atomic E-state index is 0.999. The van der Waals surface area contributed by atoms with Crippen LogP contribution in [0.2, 0.25) is 0 Å². The van der Waals surface area contributed by atoms with Crippen LogP contribution in [0, 0.1) is 41.5 Å². The Morgan fingerprint density at radius 3 is 1.10 bits per heavy atom. The van der Waals surface area contributed by atoms with Crippen molar-refractivity contribution in [1.29, 1.82) is 0 Å². The van der Waals surface area contributed by atoms with Crippen molar-refractivity contribution in [3.8, 4) is 90.1 Å². The molecule has 0 unspecified atom stereocenters. The maximum atomic E-state index is 4.59. The van der Waals surface area contributed by atoms with Gasteiger partial charge in [0.15, 0.2) is 24.8 Å². The second-order valence-electron chi connectivity index (χ2n) is 20.7. The first-order valence-electron chi connectivity index (χ1n) is 27.7. The van der Waals surface area contributed by atoms with Crippen molar-refractivity contribution in [2.45, 2.75) is 41.5 Å². The number of benzene rings is 4. The molecule has 0 saturated carbocycles. The van der Waals surface area contributed by atoms with E-state index < -0.39 is 0 Å². The summed E-state index contributed by atoms with van der Waals surface area (Å²) in [4.78, 5) is 17.9. The molecule has 8 heteroatoms. The van der Waals surface area contributed by atoms with Crippen LogP contribution in [-0.2, 0) is 28.2 Å². The molecule has 0 aliphatic rings. The van der Waals surface area contributed by atoms with Crippen LogP contribution in [0.15, 0.2) is 256 Å². The lowest BCUT2D eigenvalue weighted by Crippen LogP contribution is -2.31. The number of rotatable bonds is 8. The zero-order valence-electron chi connectivity index (χ0n) is 48.8. The van der Waals surface area contributed by atoms with E-state index in [9.17, 15) is 0 Å². The zero-order valence-corrected chi connectivity index (χ0v) is 48.8. The zero-order chi connectivity index (χ0) is 57.5. The SMILES string of the molecule is Cc1cc(-c2ccccc2C)[n+](C)cc1-c1ccccn1.Cc1cccc(-c2ccc(-c3ccccc3C)[n+](C)c2)n1.Cc1ccccc1-c1cc(-c2ccccn2)cc[n+]1C.Cc1ccccc1-c1ccc(-c2ccccn2)c[n+]1C. The minimum atomic E-state index is 0.999. The molecule has 0 atom stereocenters. The van der Waals surface area contributed by atoms with E-state index in [4.69, 9.17) is 0 Å². The summed E-state index contributed by atoms with van der Waals surface area (Å²) in [5.74, 6) is 0. The topological polar surface area (TPSA) is 67.1 Å². The Morgan fingerprint density at radius 1 is 0.268 bits per heavy atom. The molecule has 0 amide bonds. The first kappa shape index (κ1) is 56.8. The smallest absolute Gasteiger partial charge is 0.213 e. The summed E-state index contributed by atoms with van der Waals surface area (Å²) in [7, 11) is 8.33. The number of hydrogen-bond donors (Lipinski definition) is 0. The van der Waals surface area contributed by atoms with Crippen LogP contribution in [0.3, 0.4) is 0 Å². The quantitative estimate of drug-likeness (QED) is 0.142. The molecule has 0 aliphatic heterocycles. The lowest BCUT2D eigenvalue weighted by atomic mass is 10.0. The molecule has 8 nitrogen and oxygen atoms in total. The fourth-order valence-corrected chi connectivity index (χ4v) is 10.1. The van der Waals surface area contributed by atoms with Crippen molar-refractivity contribution in [3.63, 3.8) is 0 Å². The predicted octanol–water partition coefficient (Wildman–Crippen LogP) is 14.8. The first-order valence-corrected chi connectivity index (χ1v) is 27.7. The van der Waals surface area contributed by atoms with Crippen molar-refractivity contribution < 1.29 is 18.3 Å². The maximum Gasteiger partial charge on any atom is 0.213 e. The summed E-state index contributed by atoms with van der Waals surface area (Å²) in [5, 5.41) is 0. The van der Waals surface area contributed by atoms with E-state index in [0.717, 1.165) is 45.2 Å². The third-order valence-corrected chi connectivity index (χ3v) is 14.6. The van der Waals surface area contributed by atoms with E-state index >= 15 is 0 Å². The largest absolute Gasteiger partial charge is 0.256 e. The predicted molar refractivity (Wildman–Crippen MR) is 334 cm³/mol. The van der Waals surface area contributed by atoms with Gasteiger partial charge in [0.05, 0.1) is 39.5 Å². The highest BCUT2D eigenvalue weighted by molar-refractivity contribution is 5.70. The van der Waals surface area contributed by atoms with Gasteiger partial charge in [-0.2, -0.15) is 0 Å². The molecule has 12 rings (SSSR count). The Labute approximate surface area is 484 Å². The molecule has 8 aromatic heterocycles. The van der Waals surface area contributed by atoms with Crippen LogP contribution in [0.5, 0.6) is 0 Å². The Balaban J connectivity index is 0.000000132. The van der Waals surface area contributed by atoms with Gasteiger partial charge in [0, 0.05) is 82.4 Å². The van der Waals surface area contributed by atoms with Gasteiger partial charge in [0.1, 0.15) is 28.2 Å². The molecule has 8 heterocycles. The van der Waals surface area contributed by atoms with E-state index in [1.807, 2.05) is 86.2 Å². The highest BCUT2D eigenvalue weighted by Gasteiger charge is 2.19. The summed E-state index contributed by atoms with van der Waals surface area (Å²) in [6.07, 6.45) is 14.0. The molecule has 4 aromatic carbocycles. The van der Waals surface area contributed by atoms with Crippen molar-refractivity contribution >= 4 is 0 Å². The Kier molecular flexibility index (Phi) is 18.6. The average molecular weight is 1070 g/mol. The Hall–Kier alpha value is -9.92. The highest BCUT2D eigenvalue weighted by atomic mass is 14.9. The molecule has 0 bridgehead atoms. The molecule has 0 spiro atoms. The summed E-state index contributed by atoms with van der Waals surface area (Å²) in [6, 6.07) is 73.1. The van der Waals surface area contributed by atoms with Gasteiger partial charge >= 0.3 is 0 Å². The highest BCUT2D eigenvalue weighted by Crippen LogP contribution is 2.28. The third kappa shape index (κ3) is 13.9. The summed E-state index contributed by atoms with van der Waals surface area (Å²) in [6.45, 7) is 12.7. The van der Waals surface area contributed by atoms with Crippen molar-refractivity contribution in [1.82, 2.24) is 19.9 Å². The van der Waals surface area contributed by atoms with E-state index in [0.29, 0.717) is 0 Å². The monoisotopic (exact) mass is 1070 g/mol. The van der Waals surface area contributed by atoms with E-state index in [-0.39, 0.29) is 0 Å². The molecule has 82 heavy (non-hydrogen) atoms. The van der Waals surface area contributed by atoms with Gasteiger partial charge in [0.2, 0.25) is 22.8 Å². The van der Waals surface area contributed by atoms with Crippen LogP contribution in [-0.4, -0.2) is 19.9 Å². The standard InChI is InChI=1S/2C19H19N2.2C18H17N2/c1-14-8-4-5-9-16(14)19-12-15(2)17(13-21(19)3)18-10-6-7-11-20-18;1-14-7-4-5-9-17(14)19-12-11-16(13-21(19)3)18-10-6-8-15(2)20-18;1-14-7-3-4-8-16(14)18-11-10-15(13-20(18)2)17-9-5-6-12-19-17;1-14-7-3-4-8-16(14)18-13-15(10-12-20(18)2)17-9-5-6-11-19-17/h2*4-13H,1-3H3;2*3-13H,1-2H3/q4*+1. The number of hydrogen-bond acceptors (Lipinski definition) is 4. The molecule has 0 radical (unpaired) electrons. The van der Waals surface area contributed by atoms with Gasteiger partial charge in [-0.15, -0.1) is 0 Å². The van der Waals surface area contributed by atoms with Gasteiger partial charge in [-0.1, -0.05) is 97.1 Å². The van der Waals surface area contributed by atoms with E-state index in [1.54, 1.807) is 0 Å². The molecule has 12 aromatic rings. The Bertz CT molecular complexity index is 4100. The molecular formula is C74H72N8+4. The van der Waals surface area contributed by atoms with E-state index in [1.165, 1.54) is 78.4 Å². The average Bonchev–Trinajstić information content (AvgIpc) is 3.51. The van der Waals surface area contributed by atoms with Gasteiger partial charge in [-0.05, 0) is 154 Å². The lowest BCUT2D eigenvalue weighted by Gasteiger charge is -2.08. The second kappa shape index (κ2) is 26.8. The summed E-state index contributed by atoms with van der Waals surface area (Å²) >= 11 is 0. The van der Waals surface area contributed by atoms with Crippen LogP contribution < -0.4 is 18.3 Å². The van der Waals surface area contributed by atoms with E-state index in [2.05, 4.69) is 277 Å². The van der Waals surface area contributed by atoms with Gasteiger partial charge < -0.3 is 0 Å². The normalized spacial score (nSPS) is 10.6. The van der Waals surface area contributed by atoms with Crippen molar-refractivity contribution in [2.24, 2.45) is 28.2 Å². The number of nitrogens with zero attached hydrogens (tertiary/aromatic N) is 8. The Morgan fingerprint density at radius 2 is 0.659 bits per heavy atom. The van der Waals surface area contributed by atoms with Crippen LogP contribution in [0.1, 0.15) is 33.5 Å². The van der Waals surface area contributed by atoms with Crippen LogP contribution >= 0.6 is 0 Å². The molecule has 404 valence electrons. The number of aromatic nitrogens is 8. The van der Waals surface area contributed by atoms with Gasteiger partial charge in [-0.25, -0.2) is 18.3 Å². The maximum absolute atomic E-state index is 4.59. The molecule has 0 saturated heterocycles. The molecule has 0 fully saturated rings. The fraction of sp³-hybridized carbons (Fsp3) is 0.135. The lowest BCUT2D eigenvalue weighted by molar-refractivity contribution is -0.660. The second-order valence-corrected chi connectivity index (χ2v) is 20.7. The first-order chi connectivity index (χ1) is 39.8. The molecular weight excluding hydrogens is 1000 g/mol. The number of aryl methyl sites for hydroxylation is 10. The molecule has 0 N–H and O–H groups in total. The van der Waals surface area contributed by atoms with Crippen LogP contribution in [0.25, 0.3) is 90.1 Å². The van der Waals surface area contributed by atoms with Crippen LogP contribution in [0.4, 0.5) is 0 Å². The third-order valence-electron chi connectivity index (χ3n) is 14.6. The van der Waals surface area contributed by atoms with Crippen molar-refractivity contribution in [3.05, 3.63) is 289 Å². The minimum Gasteiger partial charge on any atom is -0.256 e. The number of pyridine rings is 8.